The van der Waals surface area contributed by atoms with E-state index in [9.17, 15) is 9.59 Å². The van der Waals surface area contributed by atoms with E-state index in [1.807, 2.05) is 0 Å². The fraction of sp³-hybridized carbons (Fsp3) is 0.444. The fourth-order valence-electron chi connectivity index (χ4n) is 1.10. The summed E-state index contributed by atoms with van der Waals surface area (Å²) in [5.41, 5.74) is 0. The molecule has 1 heterocycles. The maximum absolute atomic E-state index is 11.5. The lowest BCUT2D eigenvalue weighted by atomic mass is 10.4. The number of carbonyl (C=O) groups excluding carboxylic acids is 2. The van der Waals surface area contributed by atoms with Crippen LogP contribution in [-0.4, -0.2) is 39.4 Å². The Morgan fingerprint density at radius 1 is 1.80 bits per heavy atom. The van der Waals surface area contributed by atoms with Crippen LogP contribution in [0.2, 0.25) is 0 Å². The van der Waals surface area contributed by atoms with Crippen LogP contribution in [0.15, 0.2) is 12.7 Å². The standard InChI is InChI=1S/C9H12N2O2S2/c1-3-4-10-7(12)5-11-8(13)6(2)15-9(11)14/h3,6H,1,4-5H2,2H3,(H,10,12). The van der Waals surface area contributed by atoms with Crippen molar-refractivity contribution < 1.29 is 9.59 Å². The molecule has 1 aliphatic rings. The van der Waals surface area contributed by atoms with E-state index in [0.29, 0.717) is 10.9 Å². The van der Waals surface area contributed by atoms with Gasteiger partial charge < -0.3 is 5.32 Å². The van der Waals surface area contributed by atoms with Gasteiger partial charge in [0.05, 0.1) is 5.25 Å². The topological polar surface area (TPSA) is 49.4 Å². The minimum absolute atomic E-state index is 0.00282. The molecule has 0 radical (unpaired) electrons. The van der Waals surface area contributed by atoms with Crippen LogP contribution in [0.1, 0.15) is 6.92 Å². The second-order valence-electron chi connectivity index (χ2n) is 3.04. The predicted octanol–water partition coefficient (Wildman–Crippen LogP) is 0.537. The number of thiocarbonyl (C=S) groups is 1. The third-order valence-electron chi connectivity index (χ3n) is 1.86. The van der Waals surface area contributed by atoms with Crippen molar-refractivity contribution in [2.75, 3.05) is 13.1 Å². The smallest absolute Gasteiger partial charge is 0.241 e. The van der Waals surface area contributed by atoms with Gasteiger partial charge in [0.2, 0.25) is 11.8 Å². The summed E-state index contributed by atoms with van der Waals surface area (Å²) in [7, 11) is 0. The highest BCUT2D eigenvalue weighted by atomic mass is 32.2. The Bertz CT molecular complexity index is 317. The van der Waals surface area contributed by atoms with E-state index in [2.05, 4.69) is 11.9 Å². The lowest BCUT2D eigenvalue weighted by Gasteiger charge is -2.14. The highest BCUT2D eigenvalue weighted by Crippen LogP contribution is 2.26. The first kappa shape index (κ1) is 12.2. The SMILES string of the molecule is C=CCNC(=O)CN1C(=O)C(C)SC1=S. The Hall–Kier alpha value is -0.880. The first-order chi connectivity index (χ1) is 7.06. The second kappa shape index (κ2) is 5.27. The van der Waals surface area contributed by atoms with Crippen LogP contribution in [0.4, 0.5) is 0 Å². The first-order valence-corrected chi connectivity index (χ1v) is 5.74. The lowest BCUT2D eigenvalue weighted by molar-refractivity contribution is -0.130. The number of hydrogen-bond acceptors (Lipinski definition) is 4. The number of carbonyl (C=O) groups is 2. The van der Waals surface area contributed by atoms with E-state index in [0.717, 1.165) is 0 Å². The third-order valence-corrected chi connectivity index (χ3v) is 3.34. The highest BCUT2D eigenvalue weighted by Gasteiger charge is 2.34. The molecule has 0 spiro atoms. The van der Waals surface area contributed by atoms with Crippen molar-refractivity contribution in [3.8, 4) is 0 Å². The summed E-state index contributed by atoms with van der Waals surface area (Å²) in [5.74, 6) is -0.320. The molecule has 0 bridgehead atoms. The van der Waals surface area contributed by atoms with E-state index >= 15 is 0 Å². The minimum Gasteiger partial charge on any atom is -0.351 e. The van der Waals surface area contributed by atoms with E-state index < -0.39 is 0 Å². The molecule has 0 aromatic heterocycles. The van der Waals surface area contributed by atoms with Crippen molar-refractivity contribution >= 4 is 40.1 Å². The van der Waals surface area contributed by atoms with Gasteiger partial charge in [0.15, 0.2) is 0 Å². The van der Waals surface area contributed by atoms with Crippen LogP contribution in [0.5, 0.6) is 0 Å². The van der Waals surface area contributed by atoms with Crippen molar-refractivity contribution in [1.29, 1.82) is 0 Å². The molecule has 6 heteroatoms. The van der Waals surface area contributed by atoms with Crippen LogP contribution >= 0.6 is 24.0 Å². The van der Waals surface area contributed by atoms with Crippen molar-refractivity contribution in [3.63, 3.8) is 0 Å². The van der Waals surface area contributed by atoms with Gasteiger partial charge in [-0.2, -0.15) is 0 Å². The molecule has 1 unspecified atom stereocenters. The number of nitrogens with one attached hydrogen (secondary N) is 1. The van der Waals surface area contributed by atoms with Gasteiger partial charge in [-0.05, 0) is 6.92 Å². The summed E-state index contributed by atoms with van der Waals surface area (Å²) in [6, 6.07) is 0. The molecule has 1 N–H and O–H groups in total. The Balaban J connectivity index is 2.51. The monoisotopic (exact) mass is 244 g/mol. The molecule has 2 amide bonds. The normalized spacial score (nSPS) is 20.6. The van der Waals surface area contributed by atoms with Gasteiger partial charge in [0.25, 0.3) is 0 Å². The van der Waals surface area contributed by atoms with Crippen LogP contribution in [0.3, 0.4) is 0 Å². The van der Waals surface area contributed by atoms with E-state index in [1.54, 1.807) is 13.0 Å². The molecule has 0 aromatic carbocycles. The molecule has 82 valence electrons. The molecule has 1 aliphatic heterocycles. The third kappa shape index (κ3) is 3.04. The quantitative estimate of drug-likeness (QED) is 0.579. The number of hydrogen-bond donors (Lipinski definition) is 1. The summed E-state index contributed by atoms with van der Waals surface area (Å²) in [6.45, 7) is 5.66. The second-order valence-corrected chi connectivity index (χ2v) is 5.02. The molecule has 0 aliphatic carbocycles. The number of nitrogens with zero attached hydrogens (tertiary/aromatic N) is 1. The molecule has 1 rings (SSSR count). The van der Waals surface area contributed by atoms with Gasteiger partial charge >= 0.3 is 0 Å². The van der Waals surface area contributed by atoms with E-state index in [-0.39, 0.29) is 23.6 Å². The maximum Gasteiger partial charge on any atom is 0.241 e. The predicted molar refractivity (Wildman–Crippen MR) is 64.6 cm³/mol. The van der Waals surface area contributed by atoms with E-state index in [4.69, 9.17) is 12.2 Å². The average molecular weight is 244 g/mol. The summed E-state index contributed by atoms with van der Waals surface area (Å²) < 4.78 is 0.473. The highest BCUT2D eigenvalue weighted by molar-refractivity contribution is 8.24. The van der Waals surface area contributed by atoms with Gasteiger partial charge in [-0.25, -0.2) is 0 Å². The van der Waals surface area contributed by atoms with Gasteiger partial charge in [-0.3, -0.25) is 14.5 Å². The molecular weight excluding hydrogens is 232 g/mol. The zero-order valence-electron chi connectivity index (χ0n) is 8.36. The number of amides is 2. The van der Waals surface area contributed by atoms with Crippen molar-refractivity contribution in [2.45, 2.75) is 12.2 Å². The van der Waals surface area contributed by atoms with Crippen molar-refractivity contribution in [3.05, 3.63) is 12.7 Å². The van der Waals surface area contributed by atoms with Crippen LogP contribution in [0.25, 0.3) is 0 Å². The Labute approximate surface area is 98.1 Å². The molecule has 0 saturated carbocycles. The minimum atomic E-state index is -0.222. The fourth-order valence-corrected chi connectivity index (χ4v) is 2.50. The number of rotatable bonds is 4. The summed E-state index contributed by atoms with van der Waals surface area (Å²) in [4.78, 5) is 24.2. The van der Waals surface area contributed by atoms with Gasteiger partial charge in [-0.1, -0.05) is 30.1 Å². The molecular formula is C9H12N2O2S2. The number of thioether (sulfide) groups is 1. The molecule has 1 saturated heterocycles. The van der Waals surface area contributed by atoms with E-state index in [1.165, 1.54) is 16.7 Å². The van der Waals surface area contributed by atoms with Crippen LogP contribution in [0, 0.1) is 0 Å². The van der Waals surface area contributed by atoms with Gasteiger partial charge in [0.1, 0.15) is 10.9 Å². The average Bonchev–Trinajstić information content (AvgIpc) is 2.42. The molecule has 1 atom stereocenters. The first-order valence-electron chi connectivity index (χ1n) is 4.46. The van der Waals surface area contributed by atoms with Crippen LogP contribution in [-0.2, 0) is 9.59 Å². The van der Waals surface area contributed by atoms with Gasteiger partial charge in [0, 0.05) is 6.54 Å². The Kier molecular flexibility index (Phi) is 4.28. The van der Waals surface area contributed by atoms with Crippen molar-refractivity contribution in [2.24, 2.45) is 0 Å². The molecule has 4 nitrogen and oxygen atoms in total. The van der Waals surface area contributed by atoms with Crippen molar-refractivity contribution in [1.82, 2.24) is 10.2 Å². The maximum atomic E-state index is 11.5. The molecule has 15 heavy (non-hydrogen) atoms. The lowest BCUT2D eigenvalue weighted by Crippen LogP contribution is -2.40. The van der Waals surface area contributed by atoms with Gasteiger partial charge in [-0.15, -0.1) is 6.58 Å². The Morgan fingerprint density at radius 2 is 2.47 bits per heavy atom. The largest absolute Gasteiger partial charge is 0.351 e. The zero-order chi connectivity index (χ0) is 11.4. The summed E-state index contributed by atoms with van der Waals surface area (Å²) >= 11 is 6.30. The molecule has 0 aromatic rings. The molecule has 1 fully saturated rings. The Morgan fingerprint density at radius 3 is 2.93 bits per heavy atom. The summed E-state index contributed by atoms with van der Waals surface area (Å²) in [6.07, 6.45) is 1.58. The zero-order valence-corrected chi connectivity index (χ0v) is 9.99. The summed E-state index contributed by atoms with van der Waals surface area (Å²) in [5, 5.41) is 2.42. The van der Waals surface area contributed by atoms with Crippen LogP contribution < -0.4 is 5.32 Å².